The SMILES string of the molecule is CC(C)(C)OC(=O)NCc1ccc(B2OC(C)(C)C(C)(C)O2)c(F)c1C1CC1.CC(C)(C)OC(=O)NCc1ccc(Cl)c(F)c1C1CC1.CC1(C)OB(B2OC(C)(C)C(C)(C)O2)OC1(C)C. The summed E-state index contributed by atoms with van der Waals surface area (Å²) in [5.41, 5.74) is -0.374. The molecule has 5 aliphatic rings. The van der Waals surface area contributed by atoms with Gasteiger partial charge in [0.1, 0.15) is 22.8 Å². The Morgan fingerprint density at radius 3 is 1.23 bits per heavy atom. The minimum Gasteiger partial charge on any atom is -0.444 e. The second-order valence-corrected chi connectivity index (χ2v) is 23.5. The Bertz CT molecular complexity index is 2020. The quantitative estimate of drug-likeness (QED) is 0.247. The summed E-state index contributed by atoms with van der Waals surface area (Å²) in [6, 6.07) is 6.84. The molecule has 66 heavy (non-hydrogen) atoms. The lowest BCUT2D eigenvalue weighted by molar-refractivity contribution is 0.00578. The van der Waals surface area contributed by atoms with E-state index in [-0.39, 0.29) is 64.0 Å². The number of hydrogen-bond donors (Lipinski definition) is 2. The number of benzene rings is 2. The number of rotatable bonds is 8. The van der Waals surface area contributed by atoms with E-state index >= 15 is 4.39 Å². The zero-order valence-corrected chi connectivity index (χ0v) is 43.4. The van der Waals surface area contributed by atoms with E-state index in [2.05, 4.69) is 10.6 Å². The molecular weight excluding hydrogens is 870 g/mol. The lowest BCUT2D eigenvalue weighted by atomic mass is 9.49. The van der Waals surface area contributed by atoms with Crippen molar-refractivity contribution in [2.75, 3.05) is 0 Å². The summed E-state index contributed by atoms with van der Waals surface area (Å²) in [7, 11) is -1.69. The van der Waals surface area contributed by atoms with Crippen molar-refractivity contribution in [3.63, 3.8) is 0 Å². The van der Waals surface area contributed by atoms with Gasteiger partial charge in [0.2, 0.25) is 0 Å². The highest BCUT2D eigenvalue weighted by Crippen LogP contribution is 2.46. The van der Waals surface area contributed by atoms with Crippen molar-refractivity contribution in [3.05, 3.63) is 63.2 Å². The predicted octanol–water partition coefficient (Wildman–Crippen LogP) is 10.7. The van der Waals surface area contributed by atoms with Gasteiger partial charge in [-0.05, 0) is 190 Å². The normalized spacial score (nSPS) is 22.2. The lowest BCUT2D eigenvalue weighted by Gasteiger charge is -2.32. The Kier molecular flexibility index (Phi) is 15.6. The summed E-state index contributed by atoms with van der Waals surface area (Å²) >= 11 is 5.82. The van der Waals surface area contributed by atoms with Crippen LogP contribution in [0.1, 0.15) is 184 Å². The maximum absolute atomic E-state index is 15.5. The van der Waals surface area contributed by atoms with Gasteiger partial charge in [-0.15, -0.1) is 0 Å². The van der Waals surface area contributed by atoms with Crippen LogP contribution in [0.5, 0.6) is 0 Å². The van der Waals surface area contributed by atoms with Crippen molar-refractivity contribution in [3.8, 4) is 0 Å². The van der Waals surface area contributed by atoms with Crippen molar-refractivity contribution in [1.82, 2.24) is 10.6 Å². The van der Waals surface area contributed by atoms with Crippen molar-refractivity contribution in [2.24, 2.45) is 0 Å². The number of nitrogens with one attached hydrogen (secondary N) is 2. The van der Waals surface area contributed by atoms with Crippen LogP contribution in [-0.2, 0) is 50.5 Å². The van der Waals surface area contributed by atoms with Crippen molar-refractivity contribution >= 4 is 50.4 Å². The van der Waals surface area contributed by atoms with Crippen LogP contribution in [0.3, 0.4) is 0 Å². The van der Waals surface area contributed by atoms with Gasteiger partial charge in [-0.1, -0.05) is 29.8 Å². The molecule has 18 heteroatoms. The molecule has 3 aliphatic heterocycles. The van der Waals surface area contributed by atoms with Crippen molar-refractivity contribution in [2.45, 2.75) is 220 Å². The zero-order chi connectivity index (χ0) is 49.8. The Balaban J connectivity index is 0.000000192. The van der Waals surface area contributed by atoms with Crippen LogP contribution >= 0.6 is 11.6 Å². The molecule has 0 radical (unpaired) electrons. The molecule has 2 saturated carbocycles. The van der Waals surface area contributed by atoms with E-state index in [1.807, 2.05) is 89.2 Å². The number of carbonyl (C=O) groups excluding carboxylic acids is 2. The van der Waals surface area contributed by atoms with Gasteiger partial charge in [0.05, 0.1) is 38.6 Å². The summed E-state index contributed by atoms with van der Waals surface area (Å²) in [6.45, 7) is 35.3. The average Bonchev–Trinajstić information content (AvgIpc) is 4.07. The first-order valence-electron chi connectivity index (χ1n) is 23.2. The highest BCUT2D eigenvalue weighted by atomic mass is 35.5. The molecular formula is C48H74B3ClF2N2O10. The van der Waals surface area contributed by atoms with Crippen LogP contribution in [0.4, 0.5) is 18.4 Å². The van der Waals surface area contributed by atoms with Crippen molar-refractivity contribution < 1.29 is 55.8 Å². The van der Waals surface area contributed by atoms with Gasteiger partial charge in [-0.3, -0.25) is 0 Å². The molecule has 0 aromatic heterocycles. The molecule has 7 rings (SSSR count). The van der Waals surface area contributed by atoms with E-state index in [9.17, 15) is 14.0 Å². The van der Waals surface area contributed by atoms with E-state index in [0.29, 0.717) is 16.6 Å². The minimum atomic E-state index is -0.740. The van der Waals surface area contributed by atoms with E-state index in [0.717, 1.165) is 36.8 Å². The van der Waals surface area contributed by atoms with Crippen LogP contribution in [-0.4, -0.2) is 78.1 Å². The Morgan fingerprint density at radius 1 is 0.576 bits per heavy atom. The van der Waals surface area contributed by atoms with Crippen LogP contribution in [0.25, 0.3) is 0 Å². The van der Waals surface area contributed by atoms with Crippen LogP contribution < -0.4 is 16.1 Å². The first-order chi connectivity index (χ1) is 30.0. The minimum absolute atomic E-state index is 0.132. The third-order valence-electron chi connectivity index (χ3n) is 13.4. The Morgan fingerprint density at radius 2 is 0.894 bits per heavy atom. The highest BCUT2D eigenvalue weighted by Gasteiger charge is 2.64. The molecule has 3 heterocycles. The van der Waals surface area contributed by atoms with Crippen LogP contribution in [0.15, 0.2) is 24.3 Å². The van der Waals surface area contributed by atoms with Gasteiger partial charge in [0, 0.05) is 18.6 Å². The molecule has 2 aromatic rings. The largest absolute Gasteiger partial charge is 0.497 e. The average molecular weight is 945 g/mol. The zero-order valence-electron chi connectivity index (χ0n) is 42.7. The van der Waals surface area contributed by atoms with Gasteiger partial charge < -0.3 is 48.0 Å². The molecule has 3 saturated heterocycles. The molecule has 5 fully saturated rings. The maximum Gasteiger partial charge on any atom is 0.497 e. The molecule has 0 bridgehead atoms. The van der Waals surface area contributed by atoms with E-state index in [4.69, 9.17) is 49.0 Å². The highest BCUT2D eigenvalue weighted by molar-refractivity contribution is 7.11. The van der Waals surface area contributed by atoms with E-state index in [1.54, 1.807) is 53.7 Å². The molecule has 12 nitrogen and oxygen atoms in total. The standard InChI is InChI=1S/C21H31BFNO4.C15H19ClFNO2.C12H24B2O4/c1-19(2,3)26-18(25)24-12-14-10-11-15(17(23)16(14)13-8-9-13)22-27-20(4,5)21(6,7)28-22;1-15(2,3)20-14(19)18-8-10-6-7-11(16)13(17)12(10)9-4-5-9;1-9(2)10(3,4)16-13(15-9)14-17-11(5,6)12(7,8)18-14/h10-11,13H,8-9,12H2,1-7H3,(H,24,25);6-7,9H,4-5,8H2,1-3H3,(H,18,19);1-8H3. The summed E-state index contributed by atoms with van der Waals surface area (Å²) in [4.78, 5) is 23.6. The molecule has 0 unspecified atom stereocenters. The smallest absolute Gasteiger partial charge is 0.444 e. The fourth-order valence-electron chi connectivity index (χ4n) is 7.31. The molecule has 2 aromatic carbocycles. The molecule has 2 amide bonds. The Labute approximate surface area is 398 Å². The first-order valence-corrected chi connectivity index (χ1v) is 23.6. The fourth-order valence-corrected chi connectivity index (χ4v) is 7.47. The molecule has 0 spiro atoms. The second-order valence-electron chi connectivity index (χ2n) is 23.1. The van der Waals surface area contributed by atoms with Gasteiger partial charge in [-0.2, -0.15) is 0 Å². The number of ether oxygens (including phenoxy) is 2. The third-order valence-corrected chi connectivity index (χ3v) is 13.7. The van der Waals surface area contributed by atoms with E-state index < -0.39 is 55.7 Å². The number of hydrogen-bond acceptors (Lipinski definition) is 10. The maximum atomic E-state index is 15.5. The monoisotopic (exact) mass is 945 g/mol. The summed E-state index contributed by atoms with van der Waals surface area (Å²) < 4.78 is 75.9. The van der Waals surface area contributed by atoms with Gasteiger partial charge in [0.15, 0.2) is 0 Å². The lowest BCUT2D eigenvalue weighted by Crippen LogP contribution is -2.41. The molecule has 2 aliphatic carbocycles. The molecule has 2 N–H and O–H groups in total. The number of carbonyl (C=O) groups is 2. The summed E-state index contributed by atoms with van der Waals surface area (Å²) in [5.74, 6) is -0.246. The number of alkyl carbamates (subject to hydrolysis) is 2. The topological polar surface area (TPSA) is 132 Å². The van der Waals surface area contributed by atoms with Gasteiger partial charge in [0.25, 0.3) is 0 Å². The summed E-state index contributed by atoms with van der Waals surface area (Å²) in [5, 5.41) is 5.52. The fraction of sp³-hybridized carbons (Fsp3) is 0.708. The first kappa shape index (κ1) is 54.0. The second kappa shape index (κ2) is 19.1. The van der Waals surface area contributed by atoms with Crippen LogP contribution in [0.2, 0.25) is 5.02 Å². The molecule has 366 valence electrons. The number of amides is 2. The predicted molar refractivity (Wildman–Crippen MR) is 256 cm³/mol. The van der Waals surface area contributed by atoms with Crippen LogP contribution in [0, 0.1) is 11.6 Å². The van der Waals surface area contributed by atoms with E-state index in [1.165, 1.54) is 6.07 Å². The van der Waals surface area contributed by atoms with Crippen molar-refractivity contribution in [1.29, 1.82) is 0 Å². The third kappa shape index (κ3) is 13.0. The molecule has 0 atom stereocenters. The van der Waals surface area contributed by atoms with Gasteiger partial charge in [-0.25, -0.2) is 18.4 Å². The number of halogens is 3. The summed E-state index contributed by atoms with van der Waals surface area (Å²) in [6.07, 6.45) is 2.82. The van der Waals surface area contributed by atoms with Gasteiger partial charge >= 0.3 is 33.3 Å². The Hall–Kier alpha value is -2.92.